The number of nitrogens with zero attached hydrogens (tertiary/aromatic N) is 1. The molecule has 2 aromatic rings. The van der Waals surface area contributed by atoms with E-state index in [0.29, 0.717) is 17.9 Å². The van der Waals surface area contributed by atoms with Crippen LogP contribution in [0.1, 0.15) is 11.1 Å². The summed E-state index contributed by atoms with van der Waals surface area (Å²) in [6.07, 6.45) is 0. The van der Waals surface area contributed by atoms with Crippen LogP contribution in [-0.4, -0.2) is 4.92 Å². The van der Waals surface area contributed by atoms with Gasteiger partial charge in [-0.25, -0.2) is 0 Å². The Morgan fingerprint density at radius 1 is 1.00 bits per heavy atom. The number of hydrogen-bond acceptors (Lipinski definition) is 3. The molecule has 0 saturated carbocycles. The van der Waals surface area contributed by atoms with Crippen LogP contribution in [0.4, 0.5) is 0 Å². The molecule has 0 aliphatic heterocycles. The summed E-state index contributed by atoms with van der Waals surface area (Å²) >= 11 is 0. The zero-order chi connectivity index (χ0) is 12.8. The maximum atomic E-state index is 10.4. The van der Waals surface area contributed by atoms with E-state index in [1.54, 1.807) is 24.3 Å². The van der Waals surface area contributed by atoms with Crippen LogP contribution in [0.5, 0.6) is 5.75 Å². The maximum absolute atomic E-state index is 10.4. The van der Waals surface area contributed by atoms with Crippen molar-refractivity contribution >= 4 is 0 Å². The Labute approximate surface area is 105 Å². The highest BCUT2D eigenvalue weighted by atomic mass is 16.6. The van der Waals surface area contributed by atoms with Gasteiger partial charge in [-0.3, -0.25) is 10.1 Å². The second kappa shape index (κ2) is 5.82. The molecule has 0 aromatic heterocycles. The third kappa shape index (κ3) is 3.59. The van der Waals surface area contributed by atoms with Gasteiger partial charge in [0.15, 0.2) is 0 Å². The van der Waals surface area contributed by atoms with Crippen LogP contribution in [0.3, 0.4) is 0 Å². The van der Waals surface area contributed by atoms with Crippen LogP contribution < -0.4 is 4.74 Å². The Morgan fingerprint density at radius 2 is 1.72 bits per heavy atom. The molecule has 0 spiro atoms. The van der Waals surface area contributed by atoms with E-state index < -0.39 is 0 Å². The third-order valence-corrected chi connectivity index (χ3v) is 2.46. The molecule has 0 aliphatic rings. The van der Waals surface area contributed by atoms with E-state index in [-0.39, 0.29) is 11.5 Å². The topological polar surface area (TPSA) is 52.4 Å². The lowest BCUT2D eigenvalue weighted by molar-refractivity contribution is -0.496. The first-order valence-electron chi connectivity index (χ1n) is 5.61. The van der Waals surface area contributed by atoms with E-state index in [9.17, 15) is 10.1 Å². The van der Waals surface area contributed by atoms with Gasteiger partial charge in [0.2, 0.25) is 6.54 Å². The molecular weight excluding hydrogens is 230 g/mol. The monoisotopic (exact) mass is 243 g/mol. The van der Waals surface area contributed by atoms with Gasteiger partial charge >= 0.3 is 0 Å². The first-order valence-corrected chi connectivity index (χ1v) is 5.61. The van der Waals surface area contributed by atoms with Crippen molar-refractivity contribution in [3.05, 3.63) is 75.8 Å². The Morgan fingerprint density at radius 3 is 2.44 bits per heavy atom. The lowest BCUT2D eigenvalue weighted by Gasteiger charge is -2.06. The Balaban J connectivity index is 1.99. The van der Waals surface area contributed by atoms with Crippen LogP contribution in [-0.2, 0) is 13.2 Å². The second-order valence-corrected chi connectivity index (χ2v) is 3.91. The van der Waals surface area contributed by atoms with E-state index in [2.05, 4.69) is 0 Å². The van der Waals surface area contributed by atoms with Crippen molar-refractivity contribution in [1.82, 2.24) is 0 Å². The molecule has 4 nitrogen and oxygen atoms in total. The second-order valence-electron chi connectivity index (χ2n) is 3.91. The fourth-order valence-corrected chi connectivity index (χ4v) is 1.62. The first-order chi connectivity index (χ1) is 8.74. The largest absolute Gasteiger partial charge is 0.489 e. The average molecular weight is 243 g/mol. The standard InChI is InChI=1S/C14H13NO3/c16-15(17)10-13-7-4-8-14(9-13)18-11-12-5-2-1-3-6-12/h1-9H,10-11H2. The summed E-state index contributed by atoms with van der Waals surface area (Å²) in [7, 11) is 0. The summed E-state index contributed by atoms with van der Waals surface area (Å²) in [5.74, 6) is 0.651. The molecular formula is C14H13NO3. The van der Waals surface area contributed by atoms with Crippen molar-refractivity contribution < 1.29 is 9.66 Å². The van der Waals surface area contributed by atoms with Gasteiger partial charge in [-0.2, -0.15) is 0 Å². The van der Waals surface area contributed by atoms with Gasteiger partial charge in [0.1, 0.15) is 12.4 Å². The molecule has 2 rings (SSSR count). The fraction of sp³-hybridized carbons (Fsp3) is 0.143. The van der Waals surface area contributed by atoms with Crippen LogP contribution in [0, 0.1) is 10.1 Å². The summed E-state index contributed by atoms with van der Waals surface area (Å²) in [4.78, 5) is 10.1. The quantitative estimate of drug-likeness (QED) is 0.599. The number of nitro groups is 1. The molecule has 92 valence electrons. The summed E-state index contributed by atoms with van der Waals surface area (Å²) in [5, 5.41) is 10.4. The van der Waals surface area contributed by atoms with Crippen molar-refractivity contribution in [2.24, 2.45) is 0 Å². The molecule has 4 heteroatoms. The fourth-order valence-electron chi connectivity index (χ4n) is 1.62. The summed E-state index contributed by atoms with van der Waals surface area (Å²) in [5.41, 5.74) is 1.71. The molecule has 0 unspecified atom stereocenters. The average Bonchev–Trinajstić information content (AvgIpc) is 2.37. The van der Waals surface area contributed by atoms with Gasteiger partial charge in [-0.15, -0.1) is 0 Å². The molecule has 0 heterocycles. The Bertz CT molecular complexity index is 526. The summed E-state index contributed by atoms with van der Waals surface area (Å²) in [6.45, 7) is 0.283. The highest BCUT2D eigenvalue weighted by molar-refractivity contribution is 5.28. The normalized spacial score (nSPS) is 10.0. The Kier molecular flexibility index (Phi) is 3.91. The lowest BCUT2D eigenvalue weighted by Crippen LogP contribution is -1.99. The van der Waals surface area contributed by atoms with Crippen LogP contribution in [0.2, 0.25) is 0 Å². The molecule has 0 atom stereocenters. The van der Waals surface area contributed by atoms with E-state index in [4.69, 9.17) is 4.74 Å². The minimum absolute atomic E-state index is 0.178. The molecule has 0 amide bonds. The summed E-state index contributed by atoms with van der Waals surface area (Å²) in [6, 6.07) is 16.8. The highest BCUT2D eigenvalue weighted by Gasteiger charge is 2.03. The van der Waals surface area contributed by atoms with E-state index in [0.717, 1.165) is 5.56 Å². The SMILES string of the molecule is O=[N+]([O-])Cc1cccc(OCc2ccccc2)c1. The molecule has 0 aliphatic carbocycles. The van der Waals surface area contributed by atoms with Crippen LogP contribution in [0.25, 0.3) is 0 Å². The zero-order valence-corrected chi connectivity index (χ0v) is 9.78. The Hall–Kier alpha value is -2.36. The molecule has 0 radical (unpaired) electrons. The van der Waals surface area contributed by atoms with E-state index in [1.807, 2.05) is 30.3 Å². The molecule has 18 heavy (non-hydrogen) atoms. The summed E-state index contributed by atoms with van der Waals surface area (Å²) < 4.78 is 5.59. The minimum Gasteiger partial charge on any atom is -0.489 e. The zero-order valence-electron chi connectivity index (χ0n) is 9.78. The number of rotatable bonds is 5. The number of hydrogen-bond donors (Lipinski definition) is 0. The molecule has 0 bridgehead atoms. The molecule has 0 fully saturated rings. The molecule has 0 N–H and O–H groups in total. The van der Waals surface area contributed by atoms with Gasteiger partial charge in [0, 0.05) is 10.5 Å². The van der Waals surface area contributed by atoms with Gasteiger partial charge < -0.3 is 4.74 Å². The van der Waals surface area contributed by atoms with Crippen molar-refractivity contribution in [1.29, 1.82) is 0 Å². The van der Waals surface area contributed by atoms with Crippen molar-refractivity contribution in [3.63, 3.8) is 0 Å². The van der Waals surface area contributed by atoms with Crippen molar-refractivity contribution in [3.8, 4) is 5.75 Å². The van der Waals surface area contributed by atoms with Crippen LogP contribution >= 0.6 is 0 Å². The minimum atomic E-state index is -0.351. The number of ether oxygens (including phenoxy) is 1. The van der Waals surface area contributed by atoms with E-state index in [1.165, 1.54) is 0 Å². The maximum Gasteiger partial charge on any atom is 0.229 e. The highest BCUT2D eigenvalue weighted by Crippen LogP contribution is 2.15. The van der Waals surface area contributed by atoms with Gasteiger partial charge in [-0.05, 0) is 17.7 Å². The van der Waals surface area contributed by atoms with Crippen molar-refractivity contribution in [2.45, 2.75) is 13.2 Å². The first kappa shape index (κ1) is 12.1. The molecule has 0 saturated heterocycles. The smallest absolute Gasteiger partial charge is 0.229 e. The number of benzene rings is 2. The van der Waals surface area contributed by atoms with Crippen molar-refractivity contribution in [2.75, 3.05) is 0 Å². The molecule has 2 aromatic carbocycles. The van der Waals surface area contributed by atoms with E-state index >= 15 is 0 Å². The van der Waals surface area contributed by atoms with Gasteiger partial charge in [0.25, 0.3) is 0 Å². The van der Waals surface area contributed by atoms with Gasteiger partial charge in [-0.1, -0.05) is 42.5 Å². The third-order valence-electron chi connectivity index (χ3n) is 2.46. The van der Waals surface area contributed by atoms with Gasteiger partial charge in [0.05, 0.1) is 0 Å². The predicted molar refractivity (Wildman–Crippen MR) is 67.9 cm³/mol. The van der Waals surface area contributed by atoms with Crippen LogP contribution in [0.15, 0.2) is 54.6 Å². The predicted octanol–water partition coefficient (Wildman–Crippen LogP) is 3.04. The lowest BCUT2D eigenvalue weighted by atomic mass is 10.2.